The van der Waals surface area contributed by atoms with E-state index in [0.29, 0.717) is 17.9 Å². The number of methoxy groups -OCH3 is 1. The molecule has 1 aromatic heterocycles. The number of imidazole rings is 1. The van der Waals surface area contributed by atoms with Crippen molar-refractivity contribution in [2.24, 2.45) is 0 Å². The number of benzene rings is 2. The highest BCUT2D eigenvalue weighted by Crippen LogP contribution is 2.23. The molecule has 0 amide bonds. The smallest absolute Gasteiger partial charge is 0.173 e. The number of carbonyl (C=O) groups excluding carboxylic acids is 1. The first-order valence-electron chi connectivity index (χ1n) is 8.28. The minimum atomic E-state index is 0.0577. The Bertz CT molecular complexity index is 858. The molecule has 0 spiro atoms. The van der Waals surface area contributed by atoms with Crippen molar-refractivity contribution in [3.05, 3.63) is 66.5 Å². The van der Waals surface area contributed by atoms with E-state index >= 15 is 0 Å². The highest BCUT2D eigenvalue weighted by Gasteiger charge is 2.11. The number of carbonyl (C=O) groups is 1. The summed E-state index contributed by atoms with van der Waals surface area (Å²) in [4.78, 5) is 16.8. The van der Waals surface area contributed by atoms with Crippen molar-refractivity contribution < 1.29 is 14.3 Å². The lowest BCUT2D eigenvalue weighted by molar-refractivity contribution is 0.102. The molecule has 0 aliphatic heterocycles. The van der Waals surface area contributed by atoms with Crippen molar-refractivity contribution >= 4 is 17.5 Å². The summed E-state index contributed by atoms with van der Waals surface area (Å²) in [7, 11) is 1.64. The van der Waals surface area contributed by atoms with E-state index in [9.17, 15) is 4.79 Å². The summed E-state index contributed by atoms with van der Waals surface area (Å²) in [5, 5.41) is 0.773. The van der Waals surface area contributed by atoms with Gasteiger partial charge >= 0.3 is 0 Å². The normalized spacial score (nSPS) is 10.5. The summed E-state index contributed by atoms with van der Waals surface area (Å²) in [6, 6.07) is 14.9. The fraction of sp³-hybridized carbons (Fsp3) is 0.200. The number of thioether (sulfide) groups is 1. The Hall–Kier alpha value is -2.73. The third-order valence-corrected chi connectivity index (χ3v) is 4.74. The Morgan fingerprint density at radius 3 is 2.42 bits per heavy atom. The molecule has 0 unspecified atom stereocenters. The molecular formula is C20H20N2O3S. The summed E-state index contributed by atoms with van der Waals surface area (Å²) in [5.41, 5.74) is 1.64. The Morgan fingerprint density at radius 1 is 1.08 bits per heavy atom. The topological polar surface area (TPSA) is 53.3 Å². The molecule has 0 radical (unpaired) electrons. The van der Waals surface area contributed by atoms with E-state index in [0.717, 1.165) is 22.3 Å². The largest absolute Gasteiger partial charge is 0.497 e. The Labute approximate surface area is 157 Å². The number of ether oxygens (including phenoxy) is 2. The monoisotopic (exact) mass is 368 g/mol. The number of nitrogens with zero attached hydrogens (tertiary/aromatic N) is 2. The minimum Gasteiger partial charge on any atom is -0.497 e. The van der Waals surface area contributed by atoms with Crippen LogP contribution in [0.1, 0.15) is 17.3 Å². The lowest BCUT2D eigenvalue weighted by atomic mass is 10.1. The van der Waals surface area contributed by atoms with Crippen LogP contribution in [0.5, 0.6) is 11.5 Å². The molecule has 0 atom stereocenters. The zero-order valence-electron chi connectivity index (χ0n) is 14.7. The number of rotatable bonds is 8. The number of ketones is 1. The summed E-state index contributed by atoms with van der Waals surface area (Å²) >= 11 is 1.42. The maximum absolute atomic E-state index is 12.4. The highest BCUT2D eigenvalue weighted by atomic mass is 32.2. The van der Waals surface area contributed by atoms with Crippen molar-refractivity contribution in [1.82, 2.24) is 9.55 Å². The van der Waals surface area contributed by atoms with Crippen LogP contribution >= 0.6 is 11.8 Å². The number of aromatic nitrogens is 2. The summed E-state index contributed by atoms with van der Waals surface area (Å²) in [5.74, 6) is 1.95. The summed E-state index contributed by atoms with van der Waals surface area (Å²) in [6.07, 6.45) is 3.61. The second kappa shape index (κ2) is 8.58. The molecule has 26 heavy (non-hydrogen) atoms. The van der Waals surface area contributed by atoms with Gasteiger partial charge in [0.15, 0.2) is 10.9 Å². The van der Waals surface area contributed by atoms with Gasteiger partial charge in [-0.3, -0.25) is 9.36 Å². The Balaban J connectivity index is 1.66. The van der Waals surface area contributed by atoms with Crippen LogP contribution in [0.25, 0.3) is 5.69 Å². The molecule has 0 saturated heterocycles. The third kappa shape index (κ3) is 4.26. The van der Waals surface area contributed by atoms with E-state index < -0.39 is 0 Å². The minimum absolute atomic E-state index is 0.0577. The molecule has 2 aromatic carbocycles. The third-order valence-electron chi connectivity index (χ3n) is 3.78. The van der Waals surface area contributed by atoms with Gasteiger partial charge in [-0.2, -0.15) is 0 Å². The second-order valence-electron chi connectivity index (χ2n) is 5.45. The number of hydrogen-bond acceptors (Lipinski definition) is 5. The molecule has 5 nitrogen and oxygen atoms in total. The van der Waals surface area contributed by atoms with Gasteiger partial charge in [-0.05, 0) is 55.5 Å². The first-order valence-corrected chi connectivity index (χ1v) is 9.26. The molecule has 0 bridgehead atoms. The van der Waals surface area contributed by atoms with E-state index in [1.165, 1.54) is 11.8 Å². The van der Waals surface area contributed by atoms with Gasteiger partial charge < -0.3 is 9.47 Å². The molecular weight excluding hydrogens is 348 g/mol. The SMILES string of the molecule is CCOc1ccc(C(=O)CSc2nccn2-c2ccc(OC)cc2)cc1. The fourth-order valence-corrected chi connectivity index (χ4v) is 3.32. The molecule has 0 saturated carbocycles. The molecule has 6 heteroatoms. The van der Waals surface area contributed by atoms with E-state index in [2.05, 4.69) is 4.98 Å². The quantitative estimate of drug-likeness (QED) is 0.439. The van der Waals surface area contributed by atoms with Crippen LogP contribution in [-0.4, -0.2) is 34.8 Å². The van der Waals surface area contributed by atoms with Crippen LogP contribution in [0.4, 0.5) is 0 Å². The Morgan fingerprint density at radius 2 is 1.77 bits per heavy atom. The van der Waals surface area contributed by atoms with Crippen LogP contribution < -0.4 is 9.47 Å². The highest BCUT2D eigenvalue weighted by molar-refractivity contribution is 7.99. The Kier molecular flexibility index (Phi) is 5.96. The van der Waals surface area contributed by atoms with Gasteiger partial charge in [0, 0.05) is 23.6 Å². The van der Waals surface area contributed by atoms with Crippen molar-refractivity contribution in [2.75, 3.05) is 19.5 Å². The average molecular weight is 368 g/mol. The van der Waals surface area contributed by atoms with E-state index in [1.807, 2.05) is 54.1 Å². The van der Waals surface area contributed by atoms with Crippen LogP contribution in [0.15, 0.2) is 66.1 Å². The number of Topliss-reactive ketones (excluding diaryl/α,β-unsaturated/α-hetero) is 1. The molecule has 3 aromatic rings. The van der Waals surface area contributed by atoms with Crippen LogP contribution in [0, 0.1) is 0 Å². The predicted molar refractivity (Wildman–Crippen MR) is 103 cm³/mol. The van der Waals surface area contributed by atoms with Gasteiger partial charge in [0.2, 0.25) is 0 Å². The maximum atomic E-state index is 12.4. The fourth-order valence-electron chi connectivity index (χ4n) is 2.45. The van der Waals surface area contributed by atoms with Crippen molar-refractivity contribution in [2.45, 2.75) is 12.1 Å². The number of hydrogen-bond donors (Lipinski definition) is 0. The van der Waals surface area contributed by atoms with Crippen LogP contribution in [-0.2, 0) is 0 Å². The molecule has 0 aliphatic carbocycles. The van der Waals surface area contributed by atoms with Crippen molar-refractivity contribution in [1.29, 1.82) is 0 Å². The molecule has 134 valence electrons. The van der Waals surface area contributed by atoms with Gasteiger partial charge in [0.05, 0.1) is 19.5 Å². The first kappa shape index (κ1) is 18.1. The van der Waals surface area contributed by atoms with E-state index in [4.69, 9.17) is 9.47 Å². The van der Waals surface area contributed by atoms with Crippen LogP contribution in [0.3, 0.4) is 0 Å². The summed E-state index contributed by atoms with van der Waals surface area (Å²) < 4.78 is 12.5. The van der Waals surface area contributed by atoms with E-state index in [1.54, 1.807) is 25.4 Å². The van der Waals surface area contributed by atoms with E-state index in [-0.39, 0.29) is 5.78 Å². The van der Waals surface area contributed by atoms with Gasteiger partial charge in [-0.1, -0.05) is 11.8 Å². The second-order valence-corrected chi connectivity index (χ2v) is 6.39. The first-order chi connectivity index (χ1) is 12.7. The zero-order chi connectivity index (χ0) is 18.4. The predicted octanol–water partition coefficient (Wildman–Crippen LogP) is 4.25. The average Bonchev–Trinajstić information content (AvgIpc) is 3.15. The van der Waals surface area contributed by atoms with Gasteiger partial charge in [-0.25, -0.2) is 4.98 Å². The van der Waals surface area contributed by atoms with Crippen molar-refractivity contribution in [3.63, 3.8) is 0 Å². The molecule has 0 aliphatic rings. The van der Waals surface area contributed by atoms with Gasteiger partial charge in [-0.15, -0.1) is 0 Å². The van der Waals surface area contributed by atoms with Crippen molar-refractivity contribution in [3.8, 4) is 17.2 Å². The standard InChI is InChI=1S/C20H20N2O3S/c1-3-25-18-8-4-15(5-9-18)19(23)14-26-20-21-12-13-22(20)16-6-10-17(24-2)11-7-16/h4-13H,3,14H2,1-2H3. The molecule has 0 N–H and O–H groups in total. The summed E-state index contributed by atoms with van der Waals surface area (Å²) in [6.45, 7) is 2.54. The molecule has 1 heterocycles. The lowest BCUT2D eigenvalue weighted by Crippen LogP contribution is -2.04. The van der Waals surface area contributed by atoms with Gasteiger partial charge in [0.1, 0.15) is 11.5 Å². The lowest BCUT2D eigenvalue weighted by Gasteiger charge is -2.08. The zero-order valence-corrected chi connectivity index (χ0v) is 15.5. The molecule has 0 fully saturated rings. The maximum Gasteiger partial charge on any atom is 0.173 e. The van der Waals surface area contributed by atoms with Gasteiger partial charge in [0.25, 0.3) is 0 Å². The molecule has 3 rings (SSSR count). The van der Waals surface area contributed by atoms with Crippen LogP contribution in [0.2, 0.25) is 0 Å².